The first-order valence-electron chi connectivity index (χ1n) is 8.79. The summed E-state index contributed by atoms with van der Waals surface area (Å²) >= 11 is 0. The van der Waals surface area contributed by atoms with Crippen LogP contribution < -0.4 is 5.32 Å². The van der Waals surface area contributed by atoms with Gasteiger partial charge in [0.15, 0.2) is 0 Å². The SMILES string of the molecule is N#CC1CC2CC1CN2C(=O)NC(CCC(=O)O)Cc1ccccc1. The van der Waals surface area contributed by atoms with Gasteiger partial charge in [-0.1, -0.05) is 30.3 Å². The lowest BCUT2D eigenvalue weighted by molar-refractivity contribution is -0.137. The second-order valence-electron chi connectivity index (χ2n) is 7.04. The van der Waals surface area contributed by atoms with E-state index in [4.69, 9.17) is 10.4 Å². The summed E-state index contributed by atoms with van der Waals surface area (Å²) in [6.07, 6.45) is 2.71. The van der Waals surface area contributed by atoms with Crippen molar-refractivity contribution >= 4 is 12.0 Å². The van der Waals surface area contributed by atoms with E-state index in [-0.39, 0.29) is 36.4 Å². The maximum absolute atomic E-state index is 12.7. The minimum absolute atomic E-state index is 0.0281. The van der Waals surface area contributed by atoms with E-state index in [1.165, 1.54) is 0 Å². The van der Waals surface area contributed by atoms with Gasteiger partial charge in [-0.15, -0.1) is 0 Å². The summed E-state index contributed by atoms with van der Waals surface area (Å²) in [4.78, 5) is 25.4. The van der Waals surface area contributed by atoms with E-state index in [2.05, 4.69) is 11.4 Å². The van der Waals surface area contributed by atoms with Crippen molar-refractivity contribution in [1.29, 1.82) is 5.26 Å². The molecule has 3 rings (SSSR count). The number of rotatable bonds is 6. The second kappa shape index (κ2) is 7.56. The maximum atomic E-state index is 12.7. The molecule has 132 valence electrons. The van der Waals surface area contributed by atoms with Crippen LogP contribution in [0, 0.1) is 23.2 Å². The van der Waals surface area contributed by atoms with E-state index in [0.29, 0.717) is 19.4 Å². The quantitative estimate of drug-likeness (QED) is 0.831. The molecule has 2 fully saturated rings. The molecular formula is C19H23N3O3. The lowest BCUT2D eigenvalue weighted by Crippen LogP contribution is -2.49. The Balaban J connectivity index is 1.60. The third-order valence-electron chi connectivity index (χ3n) is 5.33. The Labute approximate surface area is 147 Å². The average molecular weight is 341 g/mol. The molecule has 1 saturated carbocycles. The first-order valence-corrected chi connectivity index (χ1v) is 8.79. The Bertz CT molecular complexity index is 670. The van der Waals surface area contributed by atoms with Gasteiger partial charge in [0.25, 0.3) is 0 Å². The minimum Gasteiger partial charge on any atom is -0.481 e. The van der Waals surface area contributed by atoms with Gasteiger partial charge in [0.05, 0.1) is 12.0 Å². The van der Waals surface area contributed by atoms with Crippen molar-refractivity contribution in [3.8, 4) is 6.07 Å². The molecule has 0 spiro atoms. The lowest BCUT2D eigenvalue weighted by Gasteiger charge is -2.31. The molecule has 1 aromatic carbocycles. The third-order valence-corrected chi connectivity index (χ3v) is 5.33. The van der Waals surface area contributed by atoms with E-state index >= 15 is 0 Å². The van der Waals surface area contributed by atoms with Crippen LogP contribution in [0.2, 0.25) is 0 Å². The highest BCUT2D eigenvalue weighted by Gasteiger charge is 2.46. The van der Waals surface area contributed by atoms with Gasteiger partial charge in [-0.05, 0) is 37.2 Å². The van der Waals surface area contributed by atoms with E-state index < -0.39 is 5.97 Å². The van der Waals surface area contributed by atoms with Crippen molar-refractivity contribution in [3.63, 3.8) is 0 Å². The molecule has 2 amide bonds. The number of nitrogens with zero attached hydrogens (tertiary/aromatic N) is 2. The molecule has 25 heavy (non-hydrogen) atoms. The van der Waals surface area contributed by atoms with Crippen LogP contribution in [0.25, 0.3) is 0 Å². The molecule has 6 heteroatoms. The Morgan fingerprint density at radius 1 is 1.32 bits per heavy atom. The molecule has 1 aromatic rings. The largest absolute Gasteiger partial charge is 0.481 e. The van der Waals surface area contributed by atoms with Crippen LogP contribution in [0.4, 0.5) is 4.79 Å². The van der Waals surface area contributed by atoms with Gasteiger partial charge in [-0.25, -0.2) is 4.79 Å². The van der Waals surface area contributed by atoms with Gasteiger partial charge in [0.1, 0.15) is 0 Å². The number of carboxylic acid groups (broad SMARTS) is 1. The van der Waals surface area contributed by atoms with Crippen LogP contribution in [-0.2, 0) is 11.2 Å². The fourth-order valence-electron chi connectivity index (χ4n) is 4.04. The number of hydrogen-bond acceptors (Lipinski definition) is 3. The van der Waals surface area contributed by atoms with Crippen LogP contribution in [0.1, 0.15) is 31.2 Å². The second-order valence-corrected chi connectivity index (χ2v) is 7.04. The number of likely N-dealkylation sites (tertiary alicyclic amines) is 1. The van der Waals surface area contributed by atoms with Gasteiger partial charge in [-0.2, -0.15) is 5.26 Å². The standard InChI is InChI=1S/C19H23N3O3/c20-11-14-9-17-10-15(14)12-22(17)19(25)21-16(6-7-18(23)24)8-13-4-2-1-3-5-13/h1-5,14-17H,6-10,12H2,(H,21,25)(H,23,24). The smallest absolute Gasteiger partial charge is 0.317 e. The highest BCUT2D eigenvalue weighted by atomic mass is 16.4. The molecule has 4 atom stereocenters. The number of amides is 2. The highest BCUT2D eigenvalue weighted by molar-refractivity contribution is 5.75. The first-order chi connectivity index (χ1) is 12.1. The zero-order valence-electron chi connectivity index (χ0n) is 14.1. The fourth-order valence-corrected chi connectivity index (χ4v) is 4.04. The fraction of sp³-hybridized carbons (Fsp3) is 0.526. The van der Waals surface area contributed by atoms with Gasteiger partial charge < -0.3 is 15.3 Å². The summed E-state index contributed by atoms with van der Waals surface area (Å²) in [6.45, 7) is 0.631. The number of aliphatic carboxylic acids is 1. The first kappa shape index (κ1) is 17.3. The Hall–Kier alpha value is -2.55. The van der Waals surface area contributed by atoms with Crippen LogP contribution in [-0.4, -0.2) is 40.6 Å². The molecule has 2 N–H and O–H groups in total. The van der Waals surface area contributed by atoms with Crippen LogP contribution in [0.3, 0.4) is 0 Å². The number of nitriles is 1. The summed E-state index contributed by atoms with van der Waals surface area (Å²) < 4.78 is 0. The number of carboxylic acids is 1. The Kier molecular flexibility index (Phi) is 5.22. The molecule has 4 unspecified atom stereocenters. The molecule has 1 aliphatic carbocycles. The monoisotopic (exact) mass is 341 g/mol. The summed E-state index contributed by atoms with van der Waals surface area (Å²) in [5, 5.41) is 21.1. The van der Waals surface area contributed by atoms with Crippen LogP contribution in [0.15, 0.2) is 30.3 Å². The normalized spacial score (nSPS) is 25.4. The predicted octanol–water partition coefficient (Wildman–Crippen LogP) is 2.41. The molecule has 2 aliphatic rings. The predicted molar refractivity (Wildman–Crippen MR) is 91.7 cm³/mol. The van der Waals surface area contributed by atoms with Crippen molar-refractivity contribution in [2.75, 3.05) is 6.54 Å². The van der Waals surface area contributed by atoms with Crippen molar-refractivity contribution in [1.82, 2.24) is 10.2 Å². The number of benzene rings is 1. The molecule has 0 aromatic heterocycles. The van der Waals surface area contributed by atoms with Gasteiger partial charge in [-0.3, -0.25) is 4.79 Å². The van der Waals surface area contributed by atoms with Crippen molar-refractivity contribution in [2.24, 2.45) is 11.8 Å². The van der Waals surface area contributed by atoms with Crippen LogP contribution >= 0.6 is 0 Å². The molecule has 0 radical (unpaired) electrons. The number of carbonyl (C=O) groups is 2. The molecule has 6 nitrogen and oxygen atoms in total. The summed E-state index contributed by atoms with van der Waals surface area (Å²) in [6, 6.07) is 11.9. The minimum atomic E-state index is -0.857. The van der Waals surface area contributed by atoms with Crippen LogP contribution in [0.5, 0.6) is 0 Å². The number of piperidine rings is 1. The molecule has 1 aliphatic heterocycles. The van der Waals surface area contributed by atoms with E-state index in [9.17, 15) is 9.59 Å². The summed E-state index contributed by atoms with van der Waals surface area (Å²) in [7, 11) is 0. The van der Waals surface area contributed by atoms with Gasteiger partial charge >= 0.3 is 12.0 Å². The van der Waals surface area contributed by atoms with Crippen molar-refractivity contribution in [3.05, 3.63) is 35.9 Å². The van der Waals surface area contributed by atoms with E-state index in [1.807, 2.05) is 35.2 Å². The zero-order valence-corrected chi connectivity index (χ0v) is 14.1. The molecule has 2 bridgehead atoms. The molecule has 1 saturated heterocycles. The number of urea groups is 1. The maximum Gasteiger partial charge on any atom is 0.317 e. The average Bonchev–Trinajstić information content (AvgIpc) is 3.20. The summed E-state index contributed by atoms with van der Waals surface area (Å²) in [5.74, 6) is -0.502. The summed E-state index contributed by atoms with van der Waals surface area (Å²) in [5.41, 5.74) is 1.07. The van der Waals surface area contributed by atoms with Crippen molar-refractivity contribution < 1.29 is 14.7 Å². The number of fused-ring (bicyclic) bond motifs is 2. The Morgan fingerprint density at radius 2 is 2.08 bits per heavy atom. The third kappa shape index (κ3) is 4.11. The van der Waals surface area contributed by atoms with E-state index in [1.54, 1.807) is 0 Å². The number of hydrogen-bond donors (Lipinski definition) is 2. The highest BCUT2D eigenvalue weighted by Crippen LogP contribution is 2.41. The lowest BCUT2D eigenvalue weighted by atomic mass is 9.96. The van der Waals surface area contributed by atoms with Gasteiger partial charge in [0, 0.05) is 25.0 Å². The van der Waals surface area contributed by atoms with Crippen molar-refractivity contribution in [2.45, 2.75) is 44.2 Å². The van der Waals surface area contributed by atoms with E-state index in [0.717, 1.165) is 18.4 Å². The molecule has 1 heterocycles. The Morgan fingerprint density at radius 3 is 2.68 bits per heavy atom. The molecular weight excluding hydrogens is 318 g/mol. The zero-order chi connectivity index (χ0) is 17.8. The number of nitrogens with one attached hydrogen (secondary N) is 1. The van der Waals surface area contributed by atoms with Gasteiger partial charge in [0.2, 0.25) is 0 Å². The topological polar surface area (TPSA) is 93.4 Å². The number of carbonyl (C=O) groups excluding carboxylic acids is 1.